The van der Waals surface area contributed by atoms with E-state index in [0.29, 0.717) is 5.92 Å². The largest absolute Gasteiger partial charge is 0.457 e. The van der Waals surface area contributed by atoms with Gasteiger partial charge >= 0.3 is 0 Å². The Morgan fingerprint density at radius 1 is 0.632 bits per heavy atom. The molecule has 0 unspecified atom stereocenters. The van der Waals surface area contributed by atoms with Gasteiger partial charge in [-0.25, -0.2) is 0 Å². The molecule has 1 aliphatic heterocycles. The summed E-state index contributed by atoms with van der Waals surface area (Å²) in [4.78, 5) is 0. The lowest BCUT2D eigenvalue weighted by Gasteiger charge is -2.28. The van der Waals surface area contributed by atoms with Gasteiger partial charge in [-0.05, 0) is 94.0 Å². The lowest BCUT2D eigenvalue weighted by atomic mass is 9.77. The van der Waals surface area contributed by atoms with Gasteiger partial charge in [-0.2, -0.15) is 0 Å². The molecular formula is C36H34O2. The molecule has 1 saturated carbocycles. The number of fused-ring (bicyclic) bond motifs is 7. The van der Waals surface area contributed by atoms with Gasteiger partial charge in [0.05, 0.1) is 0 Å². The molecule has 2 aliphatic rings. The molecule has 0 atom stereocenters. The summed E-state index contributed by atoms with van der Waals surface area (Å²) < 4.78 is 12.2. The fourth-order valence-electron chi connectivity index (χ4n) is 6.78. The van der Waals surface area contributed by atoms with Crippen LogP contribution in [0.4, 0.5) is 0 Å². The van der Waals surface area contributed by atoms with Gasteiger partial charge in [-0.1, -0.05) is 92.6 Å². The predicted molar refractivity (Wildman–Crippen MR) is 158 cm³/mol. The van der Waals surface area contributed by atoms with Crippen LogP contribution in [0.2, 0.25) is 0 Å². The topological polar surface area (TPSA) is 18.5 Å². The molecule has 7 rings (SSSR count). The second kappa shape index (κ2) is 9.83. The zero-order chi connectivity index (χ0) is 25.5. The first-order chi connectivity index (χ1) is 18.8. The van der Waals surface area contributed by atoms with Gasteiger partial charge in [0.25, 0.3) is 0 Å². The van der Waals surface area contributed by atoms with Gasteiger partial charge in [0, 0.05) is 11.1 Å². The summed E-state index contributed by atoms with van der Waals surface area (Å²) in [5.41, 5.74) is 6.23. The molecule has 1 aliphatic carbocycles. The molecule has 0 aromatic heterocycles. The van der Waals surface area contributed by atoms with E-state index >= 15 is 0 Å². The Morgan fingerprint density at radius 2 is 1.26 bits per heavy atom. The number of hydrogen-bond acceptors (Lipinski definition) is 2. The number of benzene rings is 5. The van der Waals surface area contributed by atoms with Crippen LogP contribution < -0.4 is 9.47 Å². The monoisotopic (exact) mass is 498 g/mol. The molecular weight excluding hydrogens is 464 g/mol. The van der Waals surface area contributed by atoms with E-state index < -0.39 is 0 Å². The van der Waals surface area contributed by atoms with E-state index in [1.807, 2.05) is 0 Å². The average Bonchev–Trinajstić information content (AvgIpc) is 3.17. The van der Waals surface area contributed by atoms with E-state index in [1.54, 1.807) is 0 Å². The van der Waals surface area contributed by atoms with E-state index in [4.69, 9.17) is 9.47 Å². The van der Waals surface area contributed by atoms with E-state index in [-0.39, 0.29) is 6.79 Å². The smallest absolute Gasteiger partial charge is 0.230 e. The van der Waals surface area contributed by atoms with Crippen LogP contribution in [-0.4, -0.2) is 6.79 Å². The van der Waals surface area contributed by atoms with Crippen LogP contribution in [-0.2, 0) is 0 Å². The predicted octanol–water partition coefficient (Wildman–Crippen LogP) is 10.1. The second-order valence-electron chi connectivity index (χ2n) is 11.1. The minimum atomic E-state index is 0.214. The maximum Gasteiger partial charge on any atom is 0.230 e. The van der Waals surface area contributed by atoms with Gasteiger partial charge in [0.1, 0.15) is 11.5 Å². The number of rotatable bonds is 4. The fraction of sp³-hybridized carbons (Fsp3) is 0.278. The van der Waals surface area contributed by atoms with Gasteiger partial charge in [-0.15, -0.1) is 0 Å². The average molecular weight is 499 g/mol. The zero-order valence-electron chi connectivity index (χ0n) is 22.1. The van der Waals surface area contributed by atoms with Crippen LogP contribution in [0.15, 0.2) is 91.0 Å². The van der Waals surface area contributed by atoms with Crippen LogP contribution in [0, 0.1) is 5.92 Å². The van der Waals surface area contributed by atoms with E-state index in [1.165, 1.54) is 76.8 Å². The second-order valence-corrected chi connectivity index (χ2v) is 11.1. The van der Waals surface area contributed by atoms with Crippen LogP contribution in [0.1, 0.15) is 56.9 Å². The van der Waals surface area contributed by atoms with Crippen molar-refractivity contribution < 1.29 is 9.47 Å². The van der Waals surface area contributed by atoms with Crippen LogP contribution >= 0.6 is 0 Å². The maximum absolute atomic E-state index is 6.12. The SMILES string of the molecule is CCCC1CCC(c2ccc(-c3ccc4ccc5c(c4c3)-c3c(ccc4ccccc34)OCO5)cc2)CC1. The van der Waals surface area contributed by atoms with E-state index in [2.05, 4.69) is 97.9 Å². The molecule has 1 fully saturated rings. The van der Waals surface area contributed by atoms with Crippen molar-refractivity contribution in [3.63, 3.8) is 0 Å². The molecule has 38 heavy (non-hydrogen) atoms. The van der Waals surface area contributed by atoms with Crippen molar-refractivity contribution in [3.05, 3.63) is 96.6 Å². The van der Waals surface area contributed by atoms with Gasteiger partial charge < -0.3 is 9.47 Å². The lowest BCUT2D eigenvalue weighted by Crippen LogP contribution is -2.13. The quantitative estimate of drug-likeness (QED) is 0.245. The molecule has 1 heterocycles. The molecule has 2 heteroatoms. The summed E-state index contributed by atoms with van der Waals surface area (Å²) in [5.74, 6) is 3.41. The third-order valence-electron chi connectivity index (χ3n) is 8.81. The molecule has 0 saturated heterocycles. The van der Waals surface area contributed by atoms with Crippen molar-refractivity contribution in [2.24, 2.45) is 5.92 Å². The first-order valence-corrected chi connectivity index (χ1v) is 14.2. The highest BCUT2D eigenvalue weighted by Crippen LogP contribution is 2.47. The Kier molecular flexibility index (Phi) is 6.04. The summed E-state index contributed by atoms with van der Waals surface area (Å²) >= 11 is 0. The van der Waals surface area contributed by atoms with Crippen molar-refractivity contribution in [2.45, 2.75) is 51.4 Å². The molecule has 190 valence electrons. The molecule has 2 nitrogen and oxygen atoms in total. The van der Waals surface area contributed by atoms with Gasteiger partial charge in [0.2, 0.25) is 6.79 Å². The Balaban J connectivity index is 1.29. The van der Waals surface area contributed by atoms with Crippen molar-refractivity contribution in [1.82, 2.24) is 0 Å². The lowest BCUT2D eigenvalue weighted by molar-refractivity contribution is 0.125. The molecule has 0 N–H and O–H groups in total. The Hall–Kier alpha value is -3.78. The van der Waals surface area contributed by atoms with Crippen molar-refractivity contribution in [2.75, 3.05) is 6.79 Å². The van der Waals surface area contributed by atoms with Crippen molar-refractivity contribution in [3.8, 4) is 33.8 Å². The highest BCUT2D eigenvalue weighted by Gasteiger charge is 2.23. The first kappa shape index (κ1) is 23.3. The fourth-order valence-corrected chi connectivity index (χ4v) is 6.78. The summed E-state index contributed by atoms with van der Waals surface area (Å²) in [6, 6.07) is 33.2. The van der Waals surface area contributed by atoms with Gasteiger partial charge in [-0.3, -0.25) is 0 Å². The van der Waals surface area contributed by atoms with E-state index in [9.17, 15) is 0 Å². The van der Waals surface area contributed by atoms with Crippen LogP contribution in [0.5, 0.6) is 11.5 Å². The maximum atomic E-state index is 6.12. The summed E-state index contributed by atoms with van der Waals surface area (Å²) in [6.07, 6.45) is 8.16. The Labute approximate surface area is 225 Å². The third kappa shape index (κ3) is 4.13. The normalized spacial score (nSPS) is 18.8. The highest BCUT2D eigenvalue weighted by atomic mass is 16.7. The minimum absolute atomic E-state index is 0.214. The number of ether oxygens (including phenoxy) is 2. The Bertz CT molecular complexity index is 1610. The van der Waals surface area contributed by atoms with Crippen LogP contribution in [0.3, 0.4) is 0 Å². The summed E-state index contributed by atoms with van der Waals surface area (Å²) in [6.45, 7) is 2.53. The first-order valence-electron chi connectivity index (χ1n) is 14.2. The highest BCUT2D eigenvalue weighted by molar-refractivity contribution is 6.10. The third-order valence-corrected chi connectivity index (χ3v) is 8.81. The molecule has 5 aromatic carbocycles. The van der Waals surface area contributed by atoms with Crippen molar-refractivity contribution in [1.29, 1.82) is 0 Å². The molecule has 0 spiro atoms. The molecule has 0 bridgehead atoms. The number of hydrogen-bond donors (Lipinski definition) is 0. The van der Waals surface area contributed by atoms with Crippen LogP contribution in [0.25, 0.3) is 43.8 Å². The van der Waals surface area contributed by atoms with Gasteiger partial charge in [0.15, 0.2) is 0 Å². The summed E-state index contributed by atoms with van der Waals surface area (Å²) in [7, 11) is 0. The zero-order valence-corrected chi connectivity index (χ0v) is 22.1. The Morgan fingerprint density at radius 3 is 2.00 bits per heavy atom. The minimum Gasteiger partial charge on any atom is -0.457 e. The summed E-state index contributed by atoms with van der Waals surface area (Å²) in [5, 5.41) is 4.79. The standard InChI is InChI=1S/C36H34O2/c1-2-5-24-8-10-25(11-9-24)26-12-14-27(15-13-26)30-17-16-29-19-21-34-36(32(29)22-30)35-31-7-4-3-6-28(31)18-20-33(35)37-23-38-34/h3-4,6-7,12-22,24-25H,2,5,8-11,23H2,1H3. The van der Waals surface area contributed by atoms with Crippen molar-refractivity contribution >= 4 is 21.5 Å². The van der Waals surface area contributed by atoms with E-state index in [0.717, 1.165) is 28.5 Å². The molecule has 0 radical (unpaired) electrons. The molecule has 5 aromatic rings. The molecule has 0 amide bonds.